The molecule has 3 aromatic rings. The average Bonchev–Trinajstić information content (AvgIpc) is 2.89. The Balaban J connectivity index is 2.00. The Morgan fingerprint density at radius 1 is 1.11 bits per heavy atom. The van der Waals surface area contributed by atoms with Gasteiger partial charge in [-0.1, -0.05) is 16.8 Å². The number of hydrogen-bond acceptors (Lipinski definition) is 5. The van der Waals surface area contributed by atoms with Crippen LogP contribution in [0.3, 0.4) is 0 Å². The molecule has 0 fully saturated rings. The molecular formula is C12H7ClN4O. The van der Waals surface area contributed by atoms with E-state index < -0.39 is 0 Å². The zero-order chi connectivity index (χ0) is 12.4. The predicted octanol–water partition coefficient (Wildman–Crippen LogP) is 2.85. The van der Waals surface area contributed by atoms with E-state index >= 15 is 0 Å². The molecule has 88 valence electrons. The molecule has 0 aromatic carbocycles. The van der Waals surface area contributed by atoms with Crippen molar-refractivity contribution in [2.24, 2.45) is 0 Å². The summed E-state index contributed by atoms with van der Waals surface area (Å²) >= 11 is 5.81. The summed E-state index contributed by atoms with van der Waals surface area (Å²) in [6.45, 7) is 0. The van der Waals surface area contributed by atoms with Crippen LogP contribution in [0.15, 0.2) is 47.4 Å². The monoisotopic (exact) mass is 258 g/mol. The van der Waals surface area contributed by atoms with E-state index in [0.29, 0.717) is 16.9 Å². The number of rotatable bonds is 2. The second kappa shape index (κ2) is 4.54. The van der Waals surface area contributed by atoms with Crippen LogP contribution in [0, 0.1) is 0 Å². The Morgan fingerprint density at radius 2 is 2.06 bits per heavy atom. The molecule has 0 aliphatic carbocycles. The predicted molar refractivity (Wildman–Crippen MR) is 65.8 cm³/mol. The maximum Gasteiger partial charge on any atom is 0.258 e. The number of nitrogens with zero attached hydrogens (tertiary/aromatic N) is 4. The number of halogens is 1. The number of pyridine rings is 2. The molecule has 18 heavy (non-hydrogen) atoms. The van der Waals surface area contributed by atoms with E-state index in [1.165, 1.54) is 0 Å². The minimum absolute atomic E-state index is 0.383. The zero-order valence-corrected chi connectivity index (χ0v) is 9.87. The molecule has 0 amide bonds. The third kappa shape index (κ3) is 2.08. The minimum atomic E-state index is 0.383. The van der Waals surface area contributed by atoms with Gasteiger partial charge in [-0.25, -0.2) is 4.98 Å². The first-order valence-corrected chi connectivity index (χ1v) is 5.57. The van der Waals surface area contributed by atoms with Crippen molar-refractivity contribution in [3.8, 4) is 22.8 Å². The van der Waals surface area contributed by atoms with Gasteiger partial charge in [0.1, 0.15) is 5.15 Å². The molecule has 5 nitrogen and oxygen atoms in total. The van der Waals surface area contributed by atoms with E-state index in [4.69, 9.17) is 16.1 Å². The van der Waals surface area contributed by atoms with Crippen LogP contribution >= 0.6 is 11.6 Å². The molecule has 0 spiro atoms. The highest BCUT2D eigenvalue weighted by Crippen LogP contribution is 2.22. The largest absolute Gasteiger partial charge is 0.334 e. The Hall–Kier alpha value is -2.27. The van der Waals surface area contributed by atoms with Crippen LogP contribution in [0.5, 0.6) is 0 Å². The van der Waals surface area contributed by atoms with Crippen LogP contribution in [0.1, 0.15) is 0 Å². The molecule has 0 atom stereocenters. The summed E-state index contributed by atoms with van der Waals surface area (Å²) in [5, 5.41) is 4.29. The van der Waals surface area contributed by atoms with Crippen molar-refractivity contribution in [2.75, 3.05) is 0 Å². The standard InChI is InChI=1S/C12H7ClN4O/c13-10-6-8(3-5-15-10)12-16-11(17-18-12)9-2-1-4-14-7-9/h1-7H. The van der Waals surface area contributed by atoms with Gasteiger partial charge in [0.15, 0.2) is 0 Å². The van der Waals surface area contributed by atoms with Crippen LogP contribution in [0.4, 0.5) is 0 Å². The Kier molecular flexibility index (Phi) is 2.74. The molecular weight excluding hydrogens is 252 g/mol. The van der Waals surface area contributed by atoms with Gasteiger partial charge in [-0.3, -0.25) is 4.98 Å². The molecule has 0 aliphatic rings. The first-order valence-electron chi connectivity index (χ1n) is 5.19. The Morgan fingerprint density at radius 3 is 2.83 bits per heavy atom. The van der Waals surface area contributed by atoms with Crippen molar-refractivity contribution in [2.45, 2.75) is 0 Å². The first-order chi connectivity index (χ1) is 8.83. The summed E-state index contributed by atoms with van der Waals surface area (Å²) in [5.41, 5.74) is 1.53. The van der Waals surface area contributed by atoms with E-state index in [2.05, 4.69) is 20.1 Å². The third-order valence-corrected chi connectivity index (χ3v) is 2.53. The Labute approximate surface area is 107 Å². The maximum atomic E-state index is 5.81. The lowest BCUT2D eigenvalue weighted by atomic mass is 10.2. The van der Waals surface area contributed by atoms with Crippen molar-refractivity contribution in [1.29, 1.82) is 0 Å². The van der Waals surface area contributed by atoms with E-state index in [0.717, 1.165) is 11.1 Å². The minimum Gasteiger partial charge on any atom is -0.334 e. The van der Waals surface area contributed by atoms with Crippen LogP contribution in [0.2, 0.25) is 5.15 Å². The molecule has 3 aromatic heterocycles. The van der Waals surface area contributed by atoms with Crippen LogP contribution in [-0.2, 0) is 0 Å². The molecule has 0 bridgehead atoms. The van der Waals surface area contributed by atoms with Crippen LogP contribution in [0.25, 0.3) is 22.8 Å². The van der Waals surface area contributed by atoms with Gasteiger partial charge in [-0.2, -0.15) is 4.98 Å². The summed E-state index contributed by atoms with van der Waals surface area (Å²) in [5.74, 6) is 0.893. The van der Waals surface area contributed by atoms with Crippen molar-refractivity contribution in [3.63, 3.8) is 0 Å². The molecule has 0 aliphatic heterocycles. The van der Waals surface area contributed by atoms with Gasteiger partial charge in [0.25, 0.3) is 5.89 Å². The maximum absolute atomic E-state index is 5.81. The van der Waals surface area contributed by atoms with Crippen molar-refractivity contribution in [3.05, 3.63) is 48.0 Å². The van der Waals surface area contributed by atoms with E-state index in [1.807, 2.05) is 12.1 Å². The second-order valence-corrected chi connectivity index (χ2v) is 3.92. The number of hydrogen-bond donors (Lipinski definition) is 0. The zero-order valence-electron chi connectivity index (χ0n) is 9.12. The van der Waals surface area contributed by atoms with Gasteiger partial charge in [-0.15, -0.1) is 0 Å². The lowest BCUT2D eigenvalue weighted by Gasteiger charge is -1.93. The summed E-state index contributed by atoms with van der Waals surface area (Å²) in [6, 6.07) is 7.10. The topological polar surface area (TPSA) is 64.7 Å². The average molecular weight is 259 g/mol. The molecule has 0 N–H and O–H groups in total. The van der Waals surface area contributed by atoms with Gasteiger partial charge in [-0.05, 0) is 24.3 Å². The van der Waals surface area contributed by atoms with E-state index in [-0.39, 0.29) is 0 Å². The van der Waals surface area contributed by atoms with Gasteiger partial charge < -0.3 is 4.52 Å². The SMILES string of the molecule is Clc1cc(-c2nc(-c3cccnc3)no2)ccn1. The second-order valence-electron chi connectivity index (χ2n) is 3.53. The van der Waals surface area contributed by atoms with Crippen molar-refractivity contribution < 1.29 is 4.52 Å². The van der Waals surface area contributed by atoms with Gasteiger partial charge in [0, 0.05) is 29.7 Å². The summed E-state index contributed by atoms with van der Waals surface area (Å²) < 4.78 is 5.18. The quantitative estimate of drug-likeness (QED) is 0.661. The highest BCUT2D eigenvalue weighted by Gasteiger charge is 2.10. The van der Waals surface area contributed by atoms with Crippen LogP contribution < -0.4 is 0 Å². The third-order valence-electron chi connectivity index (χ3n) is 2.32. The molecule has 3 rings (SSSR count). The van der Waals surface area contributed by atoms with Gasteiger partial charge in [0.05, 0.1) is 0 Å². The normalized spacial score (nSPS) is 10.5. The van der Waals surface area contributed by atoms with E-state index in [1.54, 1.807) is 30.7 Å². The highest BCUT2D eigenvalue weighted by molar-refractivity contribution is 6.29. The van der Waals surface area contributed by atoms with E-state index in [9.17, 15) is 0 Å². The Bertz CT molecular complexity index is 669. The fraction of sp³-hybridized carbons (Fsp3) is 0. The fourth-order valence-electron chi connectivity index (χ4n) is 1.49. The number of aromatic nitrogens is 4. The highest BCUT2D eigenvalue weighted by atomic mass is 35.5. The summed E-state index contributed by atoms with van der Waals surface area (Å²) in [6.07, 6.45) is 4.95. The molecule has 6 heteroatoms. The molecule has 0 radical (unpaired) electrons. The lowest BCUT2D eigenvalue weighted by Crippen LogP contribution is -1.82. The summed E-state index contributed by atoms with van der Waals surface area (Å²) in [7, 11) is 0. The van der Waals surface area contributed by atoms with Crippen LogP contribution in [-0.4, -0.2) is 20.1 Å². The molecule has 0 unspecified atom stereocenters. The van der Waals surface area contributed by atoms with Crippen molar-refractivity contribution >= 4 is 11.6 Å². The molecule has 0 saturated heterocycles. The van der Waals surface area contributed by atoms with Gasteiger partial charge in [0.2, 0.25) is 5.82 Å². The van der Waals surface area contributed by atoms with Gasteiger partial charge >= 0.3 is 0 Å². The molecule has 0 saturated carbocycles. The fourth-order valence-corrected chi connectivity index (χ4v) is 1.66. The smallest absolute Gasteiger partial charge is 0.258 e. The molecule has 3 heterocycles. The van der Waals surface area contributed by atoms with Crippen molar-refractivity contribution in [1.82, 2.24) is 20.1 Å². The lowest BCUT2D eigenvalue weighted by molar-refractivity contribution is 0.432. The first kappa shape index (κ1) is 10.9. The summed E-state index contributed by atoms with van der Waals surface area (Å²) in [4.78, 5) is 12.2.